The van der Waals surface area contributed by atoms with Crippen molar-refractivity contribution >= 4 is 28.5 Å². The summed E-state index contributed by atoms with van der Waals surface area (Å²) in [4.78, 5) is 9.44. The van der Waals surface area contributed by atoms with Gasteiger partial charge in [0.15, 0.2) is 5.65 Å². The second-order valence-corrected chi connectivity index (χ2v) is 6.66. The van der Waals surface area contributed by atoms with Gasteiger partial charge in [-0.3, -0.25) is 0 Å². The summed E-state index contributed by atoms with van der Waals surface area (Å²) in [5.74, 6) is 2.06. The smallest absolute Gasteiger partial charge is 0.226 e. The van der Waals surface area contributed by atoms with E-state index in [1.165, 1.54) is 0 Å². The van der Waals surface area contributed by atoms with E-state index >= 15 is 0 Å². The topological polar surface area (TPSA) is 76.9 Å². The number of unbranched alkanes of at least 4 members (excludes halogenated alkanes) is 1. The molecule has 0 aliphatic rings. The largest absolute Gasteiger partial charge is 0.497 e. The van der Waals surface area contributed by atoms with Gasteiger partial charge in [-0.15, -0.1) is 0 Å². The zero-order valence-electron chi connectivity index (χ0n) is 16.6. The first-order chi connectivity index (χ1) is 14.3. The van der Waals surface area contributed by atoms with E-state index < -0.39 is 0 Å². The van der Waals surface area contributed by atoms with Crippen LogP contribution in [0.5, 0.6) is 5.75 Å². The van der Waals surface area contributed by atoms with Gasteiger partial charge in [0.25, 0.3) is 0 Å². The van der Waals surface area contributed by atoms with E-state index in [2.05, 4.69) is 22.7 Å². The van der Waals surface area contributed by atoms with Crippen LogP contribution < -0.4 is 15.4 Å². The summed E-state index contributed by atoms with van der Waals surface area (Å²) in [5.41, 5.74) is 2.58. The number of anilines is 3. The van der Waals surface area contributed by atoms with Crippen LogP contribution in [0.2, 0.25) is 0 Å². The Balaban J connectivity index is 1.78. The minimum atomic E-state index is 0.578. The Labute approximate surface area is 169 Å². The molecular weight excluding hydrogens is 364 g/mol. The Hall–Kier alpha value is -3.61. The van der Waals surface area contributed by atoms with Crippen LogP contribution >= 0.6 is 0 Å². The molecule has 0 saturated heterocycles. The maximum absolute atomic E-state index is 5.33. The van der Waals surface area contributed by atoms with Crippen molar-refractivity contribution in [3.05, 3.63) is 60.8 Å². The molecule has 0 spiro atoms. The number of para-hydroxylation sites is 1. The van der Waals surface area contributed by atoms with Crippen LogP contribution in [-0.4, -0.2) is 33.4 Å². The van der Waals surface area contributed by atoms with E-state index in [1.54, 1.807) is 13.3 Å². The molecule has 0 atom stereocenters. The number of methoxy groups -OCH3 is 1. The number of nitrogens with one attached hydrogen (secondary N) is 2. The first-order valence-electron chi connectivity index (χ1n) is 9.74. The molecule has 7 heteroatoms. The third-order valence-corrected chi connectivity index (χ3v) is 4.58. The van der Waals surface area contributed by atoms with Crippen molar-refractivity contribution in [1.82, 2.24) is 19.7 Å². The Morgan fingerprint density at radius 3 is 2.69 bits per heavy atom. The number of nitrogens with zero attached hydrogens (tertiary/aromatic N) is 4. The van der Waals surface area contributed by atoms with E-state index in [1.807, 2.05) is 59.3 Å². The first kappa shape index (κ1) is 18.7. The van der Waals surface area contributed by atoms with Crippen molar-refractivity contribution < 1.29 is 4.74 Å². The monoisotopic (exact) mass is 388 g/mol. The molecule has 0 saturated carbocycles. The molecule has 0 unspecified atom stereocenters. The highest BCUT2D eigenvalue weighted by Gasteiger charge is 2.14. The molecule has 2 aromatic heterocycles. The molecule has 0 bridgehead atoms. The summed E-state index contributed by atoms with van der Waals surface area (Å²) in [6.45, 7) is 2.98. The van der Waals surface area contributed by atoms with Crippen molar-refractivity contribution in [2.45, 2.75) is 19.8 Å². The highest BCUT2D eigenvalue weighted by Crippen LogP contribution is 2.28. The minimum absolute atomic E-state index is 0.578. The normalized spacial score (nSPS) is 10.8. The second-order valence-electron chi connectivity index (χ2n) is 6.66. The van der Waals surface area contributed by atoms with Gasteiger partial charge in [0, 0.05) is 18.3 Å². The zero-order valence-corrected chi connectivity index (χ0v) is 16.6. The van der Waals surface area contributed by atoms with E-state index in [0.717, 1.165) is 47.5 Å². The molecule has 0 amide bonds. The van der Waals surface area contributed by atoms with Gasteiger partial charge in [0.05, 0.1) is 24.4 Å². The van der Waals surface area contributed by atoms with Crippen LogP contribution in [0.4, 0.5) is 17.5 Å². The molecule has 4 rings (SSSR count). The van der Waals surface area contributed by atoms with Gasteiger partial charge in [-0.25, -0.2) is 4.68 Å². The van der Waals surface area contributed by atoms with Crippen LogP contribution in [0.3, 0.4) is 0 Å². The molecule has 148 valence electrons. The average molecular weight is 388 g/mol. The van der Waals surface area contributed by atoms with Crippen LogP contribution in [0, 0.1) is 0 Å². The van der Waals surface area contributed by atoms with Crippen molar-refractivity contribution in [2.24, 2.45) is 0 Å². The third kappa shape index (κ3) is 4.13. The molecule has 2 N–H and O–H groups in total. The quantitative estimate of drug-likeness (QED) is 0.423. The highest BCUT2D eigenvalue weighted by atomic mass is 16.5. The molecule has 0 aliphatic carbocycles. The Morgan fingerprint density at radius 1 is 1.03 bits per heavy atom. The van der Waals surface area contributed by atoms with Gasteiger partial charge >= 0.3 is 0 Å². The second kappa shape index (κ2) is 8.60. The first-order valence-corrected chi connectivity index (χ1v) is 9.74. The van der Waals surface area contributed by atoms with Gasteiger partial charge in [-0.1, -0.05) is 37.6 Å². The van der Waals surface area contributed by atoms with Crippen LogP contribution in [-0.2, 0) is 0 Å². The molecule has 4 aromatic rings. The van der Waals surface area contributed by atoms with E-state index in [-0.39, 0.29) is 0 Å². The Kier molecular flexibility index (Phi) is 5.56. The predicted octanol–water partition coefficient (Wildman–Crippen LogP) is 4.78. The maximum atomic E-state index is 5.33. The lowest BCUT2D eigenvalue weighted by atomic mass is 10.3. The lowest BCUT2D eigenvalue weighted by molar-refractivity contribution is 0.415. The number of benzene rings is 2. The summed E-state index contributed by atoms with van der Waals surface area (Å²) in [6, 6.07) is 17.7. The van der Waals surface area contributed by atoms with Gasteiger partial charge < -0.3 is 15.4 Å². The lowest BCUT2D eigenvalue weighted by Gasteiger charge is -2.11. The molecule has 0 fully saturated rings. The van der Waals surface area contributed by atoms with Crippen molar-refractivity contribution in [1.29, 1.82) is 0 Å². The Bertz CT molecular complexity index is 1090. The van der Waals surface area contributed by atoms with Gasteiger partial charge in [-0.2, -0.15) is 15.1 Å². The van der Waals surface area contributed by atoms with E-state index in [9.17, 15) is 0 Å². The van der Waals surface area contributed by atoms with Crippen molar-refractivity contribution in [2.75, 3.05) is 24.3 Å². The highest BCUT2D eigenvalue weighted by molar-refractivity contribution is 5.90. The van der Waals surface area contributed by atoms with E-state index in [0.29, 0.717) is 11.8 Å². The zero-order chi connectivity index (χ0) is 20.1. The Morgan fingerprint density at radius 2 is 1.90 bits per heavy atom. The number of fused-ring (bicyclic) bond motifs is 1. The summed E-state index contributed by atoms with van der Waals surface area (Å²) in [5, 5.41) is 12.1. The van der Waals surface area contributed by atoms with Crippen molar-refractivity contribution in [3.8, 4) is 11.4 Å². The SMILES string of the molecule is CCCCNc1nc(Nc2cccc(OC)c2)c2cnn(-c3ccccc3)c2n1. The maximum Gasteiger partial charge on any atom is 0.226 e. The minimum Gasteiger partial charge on any atom is -0.497 e. The number of aromatic nitrogens is 4. The van der Waals surface area contributed by atoms with E-state index in [4.69, 9.17) is 14.7 Å². The number of ether oxygens (including phenoxy) is 1. The molecule has 0 radical (unpaired) electrons. The van der Waals surface area contributed by atoms with Crippen LogP contribution in [0.1, 0.15) is 19.8 Å². The lowest BCUT2D eigenvalue weighted by Crippen LogP contribution is -2.08. The molecule has 2 aromatic carbocycles. The summed E-state index contributed by atoms with van der Waals surface area (Å²) >= 11 is 0. The summed E-state index contributed by atoms with van der Waals surface area (Å²) in [6.07, 6.45) is 3.95. The van der Waals surface area contributed by atoms with Gasteiger partial charge in [-0.05, 0) is 30.7 Å². The van der Waals surface area contributed by atoms with Gasteiger partial charge in [0.1, 0.15) is 11.6 Å². The molecule has 29 heavy (non-hydrogen) atoms. The van der Waals surface area contributed by atoms with Crippen LogP contribution in [0.25, 0.3) is 16.7 Å². The molecule has 2 heterocycles. The summed E-state index contributed by atoms with van der Waals surface area (Å²) < 4.78 is 7.16. The fraction of sp³-hybridized carbons (Fsp3) is 0.227. The molecular formula is C22H24N6O. The molecule has 7 nitrogen and oxygen atoms in total. The third-order valence-electron chi connectivity index (χ3n) is 4.58. The van der Waals surface area contributed by atoms with Crippen LogP contribution in [0.15, 0.2) is 60.8 Å². The number of hydrogen-bond donors (Lipinski definition) is 2. The summed E-state index contributed by atoms with van der Waals surface area (Å²) in [7, 11) is 1.65. The molecule has 0 aliphatic heterocycles. The van der Waals surface area contributed by atoms with Crippen molar-refractivity contribution in [3.63, 3.8) is 0 Å². The fourth-order valence-electron chi connectivity index (χ4n) is 3.06. The number of rotatable bonds is 8. The number of hydrogen-bond acceptors (Lipinski definition) is 6. The average Bonchev–Trinajstić information content (AvgIpc) is 3.19. The predicted molar refractivity (Wildman–Crippen MR) is 116 cm³/mol. The fourth-order valence-corrected chi connectivity index (χ4v) is 3.06. The standard InChI is InChI=1S/C22H24N6O/c1-3-4-13-23-22-26-20(25-16-9-8-12-18(14-16)29-2)19-15-24-28(21(19)27-22)17-10-6-5-7-11-17/h5-12,14-15H,3-4,13H2,1-2H3,(H2,23,25,26,27). The van der Waals surface area contributed by atoms with Gasteiger partial charge in [0.2, 0.25) is 5.95 Å².